The highest BCUT2D eigenvalue weighted by molar-refractivity contribution is 6.32. The summed E-state index contributed by atoms with van der Waals surface area (Å²) in [6, 6.07) is 7.16. The van der Waals surface area contributed by atoms with E-state index in [9.17, 15) is 28.1 Å². The van der Waals surface area contributed by atoms with Gasteiger partial charge in [0.1, 0.15) is 30.0 Å². The quantitative estimate of drug-likeness (QED) is 0.287. The Kier molecular flexibility index (Phi) is 6.35. The molecule has 0 aliphatic carbocycles. The molecule has 0 bridgehead atoms. The van der Waals surface area contributed by atoms with Crippen molar-refractivity contribution in [2.24, 2.45) is 0 Å². The van der Waals surface area contributed by atoms with Crippen LogP contribution in [0, 0.1) is 10.1 Å². The van der Waals surface area contributed by atoms with Crippen molar-refractivity contribution < 1.29 is 32.4 Å². The maximum Gasteiger partial charge on any atom is 0.416 e. The van der Waals surface area contributed by atoms with Gasteiger partial charge in [0.05, 0.1) is 21.2 Å². The molecule has 0 saturated carbocycles. The number of nitrogens with zero attached hydrogens (tertiary/aromatic N) is 3. The standard InChI is InChI=1S/C19H11ClF3N3O5/c20-15-7-11(19(21,22)23)1-4-17(15)31-13-2-3-16(26(28)29)14(8-13)18(27)30-9-12-5-6-24-10-25-12/h1-8,10H,9H2. The minimum Gasteiger partial charge on any atom is -0.456 e. The van der Waals surface area contributed by atoms with Gasteiger partial charge in [-0.15, -0.1) is 0 Å². The predicted octanol–water partition coefficient (Wildman–Crippen LogP) is 5.21. The van der Waals surface area contributed by atoms with E-state index in [-0.39, 0.29) is 23.1 Å². The molecule has 1 heterocycles. The van der Waals surface area contributed by atoms with E-state index in [0.29, 0.717) is 11.8 Å². The van der Waals surface area contributed by atoms with Crippen LogP contribution in [0.4, 0.5) is 18.9 Å². The molecule has 0 atom stereocenters. The number of nitro benzene ring substituents is 1. The van der Waals surface area contributed by atoms with Crippen LogP contribution >= 0.6 is 11.6 Å². The first-order valence-electron chi connectivity index (χ1n) is 8.40. The van der Waals surface area contributed by atoms with Crippen LogP contribution in [0.15, 0.2) is 55.0 Å². The maximum atomic E-state index is 12.8. The van der Waals surface area contributed by atoms with Gasteiger partial charge in [0.2, 0.25) is 0 Å². The number of aromatic nitrogens is 2. The van der Waals surface area contributed by atoms with Crippen LogP contribution in [0.5, 0.6) is 11.5 Å². The lowest BCUT2D eigenvalue weighted by Gasteiger charge is -2.12. The molecule has 0 unspecified atom stereocenters. The van der Waals surface area contributed by atoms with Crippen molar-refractivity contribution in [3.8, 4) is 11.5 Å². The summed E-state index contributed by atoms with van der Waals surface area (Å²) < 4.78 is 48.7. The van der Waals surface area contributed by atoms with Gasteiger partial charge in [-0.1, -0.05) is 11.6 Å². The monoisotopic (exact) mass is 453 g/mol. The molecule has 2 aromatic carbocycles. The van der Waals surface area contributed by atoms with Crippen molar-refractivity contribution >= 4 is 23.3 Å². The van der Waals surface area contributed by atoms with E-state index in [2.05, 4.69) is 9.97 Å². The number of carbonyl (C=O) groups is 1. The number of halogens is 4. The normalized spacial score (nSPS) is 11.1. The number of nitro groups is 1. The average molecular weight is 454 g/mol. The van der Waals surface area contributed by atoms with Gasteiger partial charge in [0.15, 0.2) is 0 Å². The number of esters is 1. The molecule has 0 spiro atoms. The lowest BCUT2D eigenvalue weighted by atomic mass is 10.1. The van der Waals surface area contributed by atoms with Crippen molar-refractivity contribution in [1.82, 2.24) is 9.97 Å². The Morgan fingerprint density at radius 3 is 2.55 bits per heavy atom. The van der Waals surface area contributed by atoms with Crippen molar-refractivity contribution in [2.75, 3.05) is 0 Å². The fourth-order valence-corrected chi connectivity index (χ4v) is 2.63. The molecule has 0 radical (unpaired) electrons. The third-order valence-electron chi connectivity index (χ3n) is 3.87. The van der Waals surface area contributed by atoms with Crippen LogP contribution in [0.25, 0.3) is 0 Å². The van der Waals surface area contributed by atoms with Gasteiger partial charge >= 0.3 is 12.1 Å². The molecule has 3 rings (SSSR count). The molecule has 3 aromatic rings. The van der Waals surface area contributed by atoms with E-state index in [0.717, 1.165) is 24.3 Å². The van der Waals surface area contributed by atoms with E-state index in [1.54, 1.807) is 0 Å². The van der Waals surface area contributed by atoms with E-state index < -0.39 is 33.9 Å². The zero-order valence-corrected chi connectivity index (χ0v) is 16.1. The fraction of sp³-hybridized carbons (Fsp3) is 0.105. The number of ether oxygens (including phenoxy) is 2. The Balaban J connectivity index is 1.84. The molecule has 0 amide bonds. The van der Waals surface area contributed by atoms with Gasteiger partial charge in [-0.25, -0.2) is 14.8 Å². The third-order valence-corrected chi connectivity index (χ3v) is 4.16. The van der Waals surface area contributed by atoms with Crippen LogP contribution in [0.3, 0.4) is 0 Å². The first-order valence-corrected chi connectivity index (χ1v) is 8.78. The van der Waals surface area contributed by atoms with Gasteiger partial charge in [-0.05, 0) is 30.3 Å². The molecule has 160 valence electrons. The van der Waals surface area contributed by atoms with Gasteiger partial charge in [-0.2, -0.15) is 13.2 Å². The molecule has 0 saturated heterocycles. The summed E-state index contributed by atoms with van der Waals surface area (Å²) >= 11 is 5.85. The number of benzene rings is 2. The summed E-state index contributed by atoms with van der Waals surface area (Å²) in [5.41, 5.74) is -1.56. The molecule has 0 N–H and O–H groups in total. The van der Waals surface area contributed by atoms with E-state index in [1.807, 2.05) is 0 Å². The van der Waals surface area contributed by atoms with E-state index in [1.165, 1.54) is 24.7 Å². The minimum absolute atomic E-state index is 0.0683. The smallest absolute Gasteiger partial charge is 0.416 e. The molecule has 8 nitrogen and oxygen atoms in total. The second-order valence-corrected chi connectivity index (χ2v) is 6.37. The predicted molar refractivity (Wildman–Crippen MR) is 101 cm³/mol. The van der Waals surface area contributed by atoms with Gasteiger partial charge in [-0.3, -0.25) is 10.1 Å². The molecule has 12 heteroatoms. The van der Waals surface area contributed by atoms with Crippen molar-refractivity contribution in [3.63, 3.8) is 0 Å². The summed E-state index contributed by atoms with van der Waals surface area (Å²) in [7, 11) is 0. The van der Waals surface area contributed by atoms with Crippen LogP contribution in [-0.4, -0.2) is 20.9 Å². The Morgan fingerprint density at radius 1 is 1.16 bits per heavy atom. The largest absolute Gasteiger partial charge is 0.456 e. The van der Waals surface area contributed by atoms with Crippen LogP contribution < -0.4 is 4.74 Å². The summed E-state index contributed by atoms with van der Waals surface area (Å²) in [5, 5.41) is 10.9. The third kappa shape index (κ3) is 5.45. The molecule has 0 aliphatic heterocycles. The van der Waals surface area contributed by atoms with Crippen molar-refractivity contribution in [3.05, 3.63) is 86.9 Å². The van der Waals surface area contributed by atoms with Crippen LogP contribution in [-0.2, 0) is 17.5 Å². The van der Waals surface area contributed by atoms with Gasteiger partial charge in [0, 0.05) is 18.3 Å². The Bertz CT molecular complexity index is 1130. The Hall–Kier alpha value is -3.73. The number of alkyl halides is 3. The zero-order valence-electron chi connectivity index (χ0n) is 15.3. The van der Waals surface area contributed by atoms with E-state index >= 15 is 0 Å². The number of hydrogen-bond acceptors (Lipinski definition) is 7. The second kappa shape index (κ2) is 8.96. The molecule has 0 aliphatic rings. The highest BCUT2D eigenvalue weighted by atomic mass is 35.5. The highest BCUT2D eigenvalue weighted by Gasteiger charge is 2.31. The average Bonchev–Trinajstić information content (AvgIpc) is 2.73. The Labute approximate surface area is 177 Å². The summed E-state index contributed by atoms with van der Waals surface area (Å²) in [6.07, 6.45) is -1.91. The molecule has 31 heavy (non-hydrogen) atoms. The maximum absolute atomic E-state index is 12.8. The van der Waals surface area contributed by atoms with Crippen molar-refractivity contribution in [1.29, 1.82) is 0 Å². The van der Waals surface area contributed by atoms with E-state index in [4.69, 9.17) is 21.1 Å². The lowest BCUT2D eigenvalue weighted by Crippen LogP contribution is -2.09. The molecular weight excluding hydrogens is 443 g/mol. The topological polar surface area (TPSA) is 104 Å². The molecule has 0 fully saturated rings. The Morgan fingerprint density at radius 2 is 1.94 bits per heavy atom. The summed E-state index contributed by atoms with van der Waals surface area (Å²) in [5.74, 6) is -1.22. The lowest BCUT2D eigenvalue weighted by molar-refractivity contribution is -0.385. The van der Waals surface area contributed by atoms with Crippen LogP contribution in [0.1, 0.15) is 21.6 Å². The molecule has 1 aromatic heterocycles. The minimum atomic E-state index is -4.59. The number of carbonyl (C=O) groups excluding carboxylic acids is 1. The zero-order chi connectivity index (χ0) is 22.6. The van der Waals surface area contributed by atoms with Crippen LogP contribution in [0.2, 0.25) is 5.02 Å². The first-order chi connectivity index (χ1) is 14.6. The summed E-state index contributed by atoms with van der Waals surface area (Å²) in [4.78, 5) is 30.5. The van der Waals surface area contributed by atoms with Crippen molar-refractivity contribution in [2.45, 2.75) is 12.8 Å². The fourth-order valence-electron chi connectivity index (χ4n) is 2.41. The first kappa shape index (κ1) is 22.0. The highest BCUT2D eigenvalue weighted by Crippen LogP contribution is 2.37. The number of hydrogen-bond donors (Lipinski definition) is 0. The second-order valence-electron chi connectivity index (χ2n) is 5.96. The molecular formula is C19H11ClF3N3O5. The number of rotatable bonds is 6. The summed E-state index contributed by atoms with van der Waals surface area (Å²) in [6.45, 7) is -0.256. The van der Waals surface area contributed by atoms with Gasteiger partial charge < -0.3 is 9.47 Å². The van der Waals surface area contributed by atoms with Gasteiger partial charge in [0.25, 0.3) is 5.69 Å². The SMILES string of the molecule is O=C(OCc1ccncn1)c1cc(Oc2ccc(C(F)(F)F)cc2Cl)ccc1[N+](=O)[O-].